The highest BCUT2D eigenvalue weighted by molar-refractivity contribution is 7.98. The minimum absolute atomic E-state index is 0.0510. The number of hydrogen-bond acceptors (Lipinski definition) is 6. The summed E-state index contributed by atoms with van der Waals surface area (Å²) in [6, 6.07) is 5.50. The highest BCUT2D eigenvalue weighted by atomic mass is 32.2. The lowest BCUT2D eigenvalue weighted by Gasteiger charge is -2.27. The Bertz CT molecular complexity index is 852. The van der Waals surface area contributed by atoms with E-state index in [2.05, 4.69) is 16.0 Å². The zero-order chi connectivity index (χ0) is 27.3. The first kappa shape index (κ1) is 31.4. The van der Waals surface area contributed by atoms with Gasteiger partial charge >= 0.3 is 5.97 Å². The fraction of sp³-hybridized carbons (Fsp3) is 0.615. The smallest absolute Gasteiger partial charge is 0.326 e. The summed E-state index contributed by atoms with van der Waals surface area (Å²) in [6.45, 7) is 7.41. The Balaban J connectivity index is 3.10. The zero-order valence-corrected chi connectivity index (χ0v) is 22.8. The third kappa shape index (κ3) is 11.0. The molecule has 0 radical (unpaired) electrons. The summed E-state index contributed by atoms with van der Waals surface area (Å²) in [5.41, 5.74) is 6.84. The van der Waals surface area contributed by atoms with Gasteiger partial charge in [0.25, 0.3) is 0 Å². The maximum Gasteiger partial charge on any atom is 0.326 e. The molecule has 1 rings (SSSR count). The fourth-order valence-corrected chi connectivity index (χ4v) is 4.12. The van der Waals surface area contributed by atoms with Crippen molar-refractivity contribution in [1.82, 2.24) is 16.0 Å². The highest BCUT2D eigenvalue weighted by Crippen LogP contribution is 2.12. The number of thioether (sulfide) groups is 1. The van der Waals surface area contributed by atoms with Crippen molar-refractivity contribution < 1.29 is 24.3 Å². The van der Waals surface area contributed by atoms with Crippen molar-refractivity contribution in [3.63, 3.8) is 0 Å². The normalized spacial score (nSPS) is 15.3. The van der Waals surface area contributed by atoms with E-state index in [-0.39, 0.29) is 18.3 Å². The number of rotatable bonds is 16. The molecule has 1 aromatic rings. The lowest BCUT2D eigenvalue weighted by atomic mass is 9.97. The number of nitrogens with one attached hydrogen (secondary N) is 3. The standard InChI is InChI=1S/C26H42N4O5S/c1-6-17(4)22(26(34)35)30-25(33)20(14-16(2)3)29-24(32)21(15-18-10-8-7-9-11-18)28-23(31)19(27)12-13-36-5/h7-11,16-17,19-22H,6,12-15,27H2,1-5H3,(H,28,31)(H,29,32)(H,30,33)(H,34,35). The SMILES string of the molecule is CCC(C)C(NC(=O)C(CC(C)C)NC(=O)C(Cc1ccccc1)NC(=O)C(N)CCSC)C(=O)O. The third-order valence-electron chi connectivity index (χ3n) is 6.00. The van der Waals surface area contributed by atoms with E-state index >= 15 is 0 Å². The maximum atomic E-state index is 13.4. The van der Waals surface area contributed by atoms with Crippen LogP contribution in [0.4, 0.5) is 0 Å². The summed E-state index contributed by atoms with van der Waals surface area (Å²) in [5.74, 6) is -2.17. The average molecular weight is 523 g/mol. The van der Waals surface area contributed by atoms with Crippen molar-refractivity contribution in [3.8, 4) is 0 Å². The Labute approximate surface area is 218 Å². The molecule has 10 heteroatoms. The number of carboxylic acid groups (broad SMARTS) is 1. The van der Waals surface area contributed by atoms with Gasteiger partial charge in [-0.1, -0.05) is 64.4 Å². The summed E-state index contributed by atoms with van der Waals surface area (Å²) in [7, 11) is 0. The van der Waals surface area contributed by atoms with Crippen molar-refractivity contribution in [1.29, 1.82) is 0 Å². The second-order valence-corrected chi connectivity index (χ2v) is 10.5. The molecular formula is C26H42N4O5S. The largest absolute Gasteiger partial charge is 0.480 e. The van der Waals surface area contributed by atoms with E-state index < -0.39 is 47.9 Å². The molecule has 0 aliphatic carbocycles. The monoisotopic (exact) mass is 522 g/mol. The second-order valence-electron chi connectivity index (χ2n) is 9.54. The first-order chi connectivity index (χ1) is 17.0. The van der Waals surface area contributed by atoms with Gasteiger partial charge in [-0.05, 0) is 42.2 Å². The van der Waals surface area contributed by atoms with Gasteiger partial charge in [-0.15, -0.1) is 0 Å². The van der Waals surface area contributed by atoms with Crippen LogP contribution in [0.3, 0.4) is 0 Å². The van der Waals surface area contributed by atoms with Gasteiger partial charge in [-0.3, -0.25) is 14.4 Å². The number of aliphatic carboxylic acids is 1. The van der Waals surface area contributed by atoms with Crippen LogP contribution < -0.4 is 21.7 Å². The topological polar surface area (TPSA) is 151 Å². The number of carboxylic acids is 1. The van der Waals surface area contributed by atoms with Gasteiger partial charge < -0.3 is 26.8 Å². The summed E-state index contributed by atoms with van der Waals surface area (Å²) in [5, 5.41) is 17.7. The number of nitrogens with two attached hydrogens (primary N) is 1. The molecule has 1 aromatic carbocycles. The number of amides is 3. The van der Waals surface area contributed by atoms with Crippen LogP contribution in [0.1, 0.15) is 52.5 Å². The van der Waals surface area contributed by atoms with Gasteiger partial charge in [0.05, 0.1) is 6.04 Å². The van der Waals surface area contributed by atoms with Crippen LogP contribution in [0.15, 0.2) is 30.3 Å². The number of hydrogen-bond donors (Lipinski definition) is 5. The molecule has 202 valence electrons. The number of benzene rings is 1. The molecule has 0 fully saturated rings. The first-order valence-electron chi connectivity index (χ1n) is 12.4. The molecule has 5 unspecified atom stereocenters. The van der Waals surface area contributed by atoms with Gasteiger partial charge in [-0.2, -0.15) is 11.8 Å². The summed E-state index contributed by atoms with van der Waals surface area (Å²) >= 11 is 1.58. The molecule has 6 N–H and O–H groups in total. The quantitative estimate of drug-likeness (QED) is 0.223. The van der Waals surface area contributed by atoms with Crippen molar-refractivity contribution in [2.24, 2.45) is 17.6 Å². The van der Waals surface area contributed by atoms with Crippen molar-refractivity contribution in [3.05, 3.63) is 35.9 Å². The Morgan fingerprint density at radius 1 is 0.944 bits per heavy atom. The van der Waals surface area contributed by atoms with Gasteiger partial charge in [0, 0.05) is 6.42 Å². The lowest BCUT2D eigenvalue weighted by molar-refractivity contribution is -0.144. The molecule has 0 bridgehead atoms. The van der Waals surface area contributed by atoms with E-state index in [1.54, 1.807) is 18.7 Å². The lowest BCUT2D eigenvalue weighted by Crippen LogP contribution is -2.58. The van der Waals surface area contributed by atoms with Crippen LogP contribution in [-0.4, -0.2) is 65.0 Å². The number of carbonyl (C=O) groups excluding carboxylic acids is 3. The van der Waals surface area contributed by atoms with Gasteiger partial charge in [0.2, 0.25) is 17.7 Å². The maximum absolute atomic E-state index is 13.4. The molecule has 9 nitrogen and oxygen atoms in total. The minimum atomic E-state index is -1.12. The molecule has 0 aliphatic rings. The Hall–Kier alpha value is -2.59. The van der Waals surface area contributed by atoms with Crippen LogP contribution in [-0.2, 0) is 25.6 Å². The van der Waals surface area contributed by atoms with Crippen molar-refractivity contribution in [2.75, 3.05) is 12.0 Å². The number of carbonyl (C=O) groups is 4. The van der Waals surface area contributed by atoms with Crippen LogP contribution in [0.2, 0.25) is 0 Å². The Morgan fingerprint density at radius 2 is 1.53 bits per heavy atom. The predicted molar refractivity (Wildman–Crippen MR) is 143 cm³/mol. The van der Waals surface area contributed by atoms with Crippen LogP contribution in [0.25, 0.3) is 0 Å². The predicted octanol–water partition coefficient (Wildman–Crippen LogP) is 1.94. The zero-order valence-electron chi connectivity index (χ0n) is 22.0. The van der Waals surface area contributed by atoms with Crippen LogP contribution in [0, 0.1) is 11.8 Å². The Kier molecular flexibility index (Phi) is 14.2. The highest BCUT2D eigenvalue weighted by Gasteiger charge is 2.32. The van der Waals surface area contributed by atoms with Crippen molar-refractivity contribution >= 4 is 35.5 Å². The average Bonchev–Trinajstić information content (AvgIpc) is 2.84. The van der Waals surface area contributed by atoms with E-state index in [1.807, 2.05) is 57.4 Å². The van der Waals surface area contributed by atoms with Gasteiger partial charge in [-0.25, -0.2) is 4.79 Å². The van der Waals surface area contributed by atoms with E-state index in [0.717, 1.165) is 5.56 Å². The second kappa shape index (κ2) is 16.2. The summed E-state index contributed by atoms with van der Waals surface area (Å²) in [4.78, 5) is 50.9. The molecule has 0 aromatic heterocycles. The van der Waals surface area contributed by atoms with Crippen LogP contribution >= 0.6 is 11.8 Å². The summed E-state index contributed by atoms with van der Waals surface area (Å²) < 4.78 is 0. The molecule has 36 heavy (non-hydrogen) atoms. The van der Waals surface area contributed by atoms with E-state index in [1.165, 1.54) is 0 Å². The van der Waals surface area contributed by atoms with E-state index in [9.17, 15) is 24.3 Å². The fourth-order valence-electron chi connectivity index (χ4n) is 3.63. The molecule has 0 saturated carbocycles. The molecule has 0 spiro atoms. The molecule has 0 aliphatic heterocycles. The Morgan fingerprint density at radius 3 is 2.06 bits per heavy atom. The molecule has 0 heterocycles. The van der Waals surface area contributed by atoms with Gasteiger partial charge in [0.15, 0.2) is 0 Å². The van der Waals surface area contributed by atoms with Crippen molar-refractivity contribution in [2.45, 2.75) is 77.5 Å². The first-order valence-corrected chi connectivity index (χ1v) is 13.8. The molecular weight excluding hydrogens is 480 g/mol. The molecule has 0 saturated heterocycles. The minimum Gasteiger partial charge on any atom is -0.480 e. The molecule has 5 atom stereocenters. The van der Waals surface area contributed by atoms with E-state index in [0.29, 0.717) is 25.0 Å². The van der Waals surface area contributed by atoms with E-state index in [4.69, 9.17) is 5.73 Å². The third-order valence-corrected chi connectivity index (χ3v) is 6.65. The molecule has 3 amide bonds. The van der Waals surface area contributed by atoms with Gasteiger partial charge in [0.1, 0.15) is 18.1 Å². The summed E-state index contributed by atoms with van der Waals surface area (Å²) in [6.07, 6.45) is 3.49. The van der Waals surface area contributed by atoms with Crippen LogP contribution in [0.5, 0.6) is 0 Å².